The number of carbonyl (C=O) groups is 1. The molecule has 154 valence electrons. The first-order valence-corrected chi connectivity index (χ1v) is 9.67. The maximum absolute atomic E-state index is 14.0. The molecule has 0 aromatic heterocycles. The number of nitrogens with one attached hydrogen (secondary N) is 1. The number of halogens is 3. The Balaban J connectivity index is 1.70. The highest BCUT2D eigenvalue weighted by Gasteiger charge is 2.28. The Morgan fingerprint density at radius 3 is 2.79 bits per heavy atom. The Morgan fingerprint density at radius 2 is 2.10 bits per heavy atom. The first-order valence-electron chi connectivity index (χ1n) is 9.30. The number of carbonyl (C=O) groups excluding carboxylic acids is 1. The second kappa shape index (κ2) is 9.22. The Kier molecular flexibility index (Phi) is 6.69. The van der Waals surface area contributed by atoms with Gasteiger partial charge in [-0.2, -0.15) is 0 Å². The van der Waals surface area contributed by atoms with Gasteiger partial charge in [-0.1, -0.05) is 28.9 Å². The highest BCUT2D eigenvalue weighted by molar-refractivity contribution is 6.30. The van der Waals surface area contributed by atoms with E-state index in [-0.39, 0.29) is 24.2 Å². The standard InChI is InChI=1S/C21H22ClF2N3O2/c1-13(2)25-21(28)27(11-14-4-3-5-15(22)8-14)12-17-10-20(26-29-17)18-7-6-16(23)9-19(18)24/h3-9,13,17H,10-12H2,1-2H3,(H,25,28)/t17-/m1/s1. The van der Waals surface area contributed by atoms with Gasteiger partial charge >= 0.3 is 6.03 Å². The summed E-state index contributed by atoms with van der Waals surface area (Å²) in [6, 6.07) is 10.3. The van der Waals surface area contributed by atoms with Gasteiger partial charge in [0.1, 0.15) is 11.6 Å². The van der Waals surface area contributed by atoms with Crippen molar-refractivity contribution in [2.24, 2.45) is 5.16 Å². The number of nitrogens with zero attached hydrogens (tertiary/aromatic N) is 2. The Bertz CT molecular complexity index is 921. The molecule has 8 heteroatoms. The molecule has 3 rings (SSSR count). The van der Waals surface area contributed by atoms with Crippen molar-refractivity contribution in [3.05, 3.63) is 70.2 Å². The number of oxime groups is 1. The van der Waals surface area contributed by atoms with Crippen LogP contribution in [0.1, 0.15) is 31.4 Å². The van der Waals surface area contributed by atoms with Gasteiger partial charge < -0.3 is 15.1 Å². The fraction of sp³-hybridized carbons (Fsp3) is 0.333. The van der Waals surface area contributed by atoms with Crippen molar-refractivity contribution >= 4 is 23.3 Å². The number of amides is 2. The topological polar surface area (TPSA) is 53.9 Å². The second-order valence-electron chi connectivity index (χ2n) is 7.21. The van der Waals surface area contributed by atoms with Gasteiger partial charge in [-0.05, 0) is 43.7 Å². The summed E-state index contributed by atoms with van der Waals surface area (Å²) >= 11 is 6.05. The summed E-state index contributed by atoms with van der Waals surface area (Å²) in [6.07, 6.45) is -0.129. The molecule has 0 fully saturated rings. The Hall–Kier alpha value is -2.67. The average molecular weight is 422 g/mol. The quantitative estimate of drug-likeness (QED) is 0.733. The lowest BCUT2D eigenvalue weighted by molar-refractivity contribution is 0.0586. The fourth-order valence-corrected chi connectivity index (χ4v) is 3.28. The van der Waals surface area contributed by atoms with Gasteiger partial charge in [0, 0.05) is 35.7 Å². The van der Waals surface area contributed by atoms with Gasteiger partial charge in [-0.25, -0.2) is 13.6 Å². The van der Waals surface area contributed by atoms with Gasteiger partial charge in [0.05, 0.1) is 12.3 Å². The summed E-state index contributed by atoms with van der Waals surface area (Å²) in [6.45, 7) is 4.33. The van der Waals surface area contributed by atoms with Crippen LogP contribution in [0.4, 0.5) is 13.6 Å². The molecule has 1 atom stereocenters. The van der Waals surface area contributed by atoms with Crippen molar-refractivity contribution < 1.29 is 18.4 Å². The third kappa shape index (κ3) is 5.67. The van der Waals surface area contributed by atoms with Crippen molar-refractivity contribution in [1.82, 2.24) is 10.2 Å². The molecule has 1 heterocycles. The average Bonchev–Trinajstić information content (AvgIpc) is 3.09. The fourth-order valence-electron chi connectivity index (χ4n) is 3.07. The van der Waals surface area contributed by atoms with Crippen LogP contribution in [0.5, 0.6) is 0 Å². The van der Waals surface area contributed by atoms with Gasteiger partial charge in [0.25, 0.3) is 0 Å². The first kappa shape index (κ1) is 21.0. The van der Waals surface area contributed by atoms with Crippen LogP contribution >= 0.6 is 11.6 Å². The van der Waals surface area contributed by atoms with Crippen molar-refractivity contribution in [2.45, 2.75) is 39.0 Å². The molecule has 0 saturated carbocycles. The molecule has 0 unspecified atom stereocenters. The monoisotopic (exact) mass is 421 g/mol. The molecule has 1 aliphatic heterocycles. The van der Waals surface area contributed by atoms with E-state index in [1.165, 1.54) is 12.1 Å². The van der Waals surface area contributed by atoms with Crippen molar-refractivity contribution in [1.29, 1.82) is 0 Å². The molecular formula is C21H22ClF2N3O2. The molecule has 0 bridgehead atoms. The smallest absolute Gasteiger partial charge is 0.318 e. The molecule has 1 N–H and O–H groups in total. The van der Waals surface area contributed by atoms with Crippen LogP contribution < -0.4 is 5.32 Å². The van der Waals surface area contributed by atoms with E-state index in [0.29, 0.717) is 23.7 Å². The van der Waals surface area contributed by atoms with Crippen LogP contribution in [0.25, 0.3) is 0 Å². The molecule has 0 spiro atoms. The second-order valence-corrected chi connectivity index (χ2v) is 7.64. The Morgan fingerprint density at radius 1 is 1.31 bits per heavy atom. The zero-order chi connectivity index (χ0) is 21.0. The van der Waals surface area contributed by atoms with E-state index >= 15 is 0 Å². The molecule has 29 heavy (non-hydrogen) atoms. The summed E-state index contributed by atoms with van der Waals surface area (Å²) in [5.74, 6) is -1.35. The van der Waals surface area contributed by atoms with E-state index in [1.54, 1.807) is 17.0 Å². The van der Waals surface area contributed by atoms with Crippen molar-refractivity contribution in [3.8, 4) is 0 Å². The normalized spacial score (nSPS) is 15.8. The molecule has 0 aliphatic carbocycles. The summed E-state index contributed by atoms with van der Waals surface area (Å²) in [4.78, 5) is 19.7. The third-order valence-corrected chi connectivity index (χ3v) is 4.60. The van der Waals surface area contributed by atoms with Crippen LogP contribution in [0.2, 0.25) is 5.02 Å². The van der Waals surface area contributed by atoms with Crippen molar-refractivity contribution in [3.63, 3.8) is 0 Å². The lowest BCUT2D eigenvalue weighted by Gasteiger charge is -2.26. The zero-order valence-electron chi connectivity index (χ0n) is 16.2. The molecule has 2 amide bonds. The minimum absolute atomic E-state index is 0.0334. The number of urea groups is 1. The first-order chi connectivity index (χ1) is 13.8. The highest BCUT2D eigenvalue weighted by atomic mass is 35.5. The molecular weight excluding hydrogens is 400 g/mol. The highest BCUT2D eigenvalue weighted by Crippen LogP contribution is 2.21. The SMILES string of the molecule is CC(C)NC(=O)N(Cc1cccc(Cl)c1)C[C@H]1CC(c2ccc(F)cc2F)=NO1. The number of benzene rings is 2. The Labute approximate surface area is 173 Å². The minimum atomic E-state index is -0.693. The van der Waals surface area contributed by atoms with Crippen LogP contribution in [-0.4, -0.2) is 35.3 Å². The van der Waals surface area contributed by atoms with Crippen LogP contribution in [-0.2, 0) is 11.4 Å². The molecule has 5 nitrogen and oxygen atoms in total. The molecule has 0 saturated heterocycles. The van der Waals surface area contributed by atoms with E-state index in [4.69, 9.17) is 16.4 Å². The zero-order valence-corrected chi connectivity index (χ0v) is 16.9. The molecule has 1 aliphatic rings. The number of hydrogen-bond donors (Lipinski definition) is 1. The van der Waals surface area contributed by atoms with Crippen LogP contribution in [0.3, 0.4) is 0 Å². The number of rotatable bonds is 6. The van der Waals surface area contributed by atoms with Crippen LogP contribution in [0, 0.1) is 11.6 Å². The molecule has 2 aromatic rings. The van der Waals surface area contributed by atoms with Crippen LogP contribution in [0.15, 0.2) is 47.6 Å². The summed E-state index contributed by atoms with van der Waals surface area (Å²) < 4.78 is 27.2. The maximum atomic E-state index is 14.0. The predicted octanol–water partition coefficient (Wildman–Crippen LogP) is 4.73. The van der Waals surface area contributed by atoms with Gasteiger partial charge in [-0.15, -0.1) is 0 Å². The largest absolute Gasteiger partial charge is 0.390 e. The predicted molar refractivity (Wildman–Crippen MR) is 108 cm³/mol. The van der Waals surface area contributed by atoms with E-state index in [1.807, 2.05) is 26.0 Å². The van der Waals surface area contributed by atoms with Gasteiger partial charge in [0.2, 0.25) is 0 Å². The van der Waals surface area contributed by atoms with E-state index in [0.717, 1.165) is 11.6 Å². The van der Waals surface area contributed by atoms with E-state index < -0.39 is 17.7 Å². The summed E-state index contributed by atoms with van der Waals surface area (Å²) in [7, 11) is 0. The van der Waals surface area contributed by atoms with Crippen molar-refractivity contribution in [2.75, 3.05) is 6.54 Å². The third-order valence-electron chi connectivity index (χ3n) is 4.36. The summed E-state index contributed by atoms with van der Waals surface area (Å²) in [5, 5.41) is 7.40. The lowest BCUT2D eigenvalue weighted by atomic mass is 10.0. The maximum Gasteiger partial charge on any atom is 0.318 e. The van der Waals surface area contributed by atoms with Gasteiger partial charge in [-0.3, -0.25) is 0 Å². The van der Waals surface area contributed by atoms with E-state index in [9.17, 15) is 13.6 Å². The molecule has 2 aromatic carbocycles. The molecule has 0 radical (unpaired) electrons. The minimum Gasteiger partial charge on any atom is -0.390 e. The summed E-state index contributed by atoms with van der Waals surface area (Å²) in [5.41, 5.74) is 1.46. The lowest BCUT2D eigenvalue weighted by Crippen LogP contribution is -2.45. The van der Waals surface area contributed by atoms with Gasteiger partial charge in [0.15, 0.2) is 6.10 Å². The van der Waals surface area contributed by atoms with E-state index in [2.05, 4.69) is 10.5 Å². The number of hydrogen-bond acceptors (Lipinski definition) is 3.